The molecule has 3 N–H and O–H groups in total. The number of nitrogens with one attached hydrogen (secondary N) is 1. The lowest BCUT2D eigenvalue weighted by atomic mass is 9.63. The monoisotopic (exact) mass is 228 g/mol. The van der Waals surface area contributed by atoms with Crippen molar-refractivity contribution in [3.05, 3.63) is 48.0 Å². The van der Waals surface area contributed by atoms with Crippen LogP contribution >= 0.6 is 0 Å². The van der Waals surface area contributed by atoms with Gasteiger partial charge in [0.1, 0.15) is 0 Å². The highest BCUT2D eigenvalue weighted by molar-refractivity contribution is 5.37. The molecule has 1 aliphatic heterocycles. The van der Waals surface area contributed by atoms with Crippen molar-refractivity contribution in [3.63, 3.8) is 0 Å². The van der Waals surface area contributed by atoms with E-state index in [1.54, 1.807) is 0 Å². The second-order valence-electron chi connectivity index (χ2n) is 5.37. The topological polar surface area (TPSA) is 38.0 Å². The highest BCUT2D eigenvalue weighted by atomic mass is 14.9. The van der Waals surface area contributed by atoms with Crippen molar-refractivity contribution in [2.24, 2.45) is 11.1 Å². The predicted octanol–water partition coefficient (Wildman–Crippen LogP) is 2.17. The number of allylic oxidation sites excluding steroid dienone is 1. The van der Waals surface area contributed by atoms with E-state index in [2.05, 4.69) is 47.8 Å². The Hall–Kier alpha value is -1.12. The van der Waals surface area contributed by atoms with Gasteiger partial charge in [0.05, 0.1) is 5.54 Å². The van der Waals surface area contributed by atoms with Gasteiger partial charge in [0.25, 0.3) is 0 Å². The average Bonchev–Trinajstić information content (AvgIpc) is 2.70. The summed E-state index contributed by atoms with van der Waals surface area (Å²) < 4.78 is 0. The molecule has 1 spiro atoms. The van der Waals surface area contributed by atoms with E-state index in [0.717, 1.165) is 19.5 Å². The van der Waals surface area contributed by atoms with E-state index in [4.69, 9.17) is 5.73 Å². The van der Waals surface area contributed by atoms with Crippen molar-refractivity contribution >= 4 is 0 Å². The number of hydrogen-bond donors (Lipinski definition) is 2. The van der Waals surface area contributed by atoms with Gasteiger partial charge in [-0.2, -0.15) is 0 Å². The van der Waals surface area contributed by atoms with Gasteiger partial charge in [-0.15, -0.1) is 0 Å². The lowest BCUT2D eigenvalue weighted by Crippen LogP contribution is -2.53. The summed E-state index contributed by atoms with van der Waals surface area (Å²) in [4.78, 5) is 0. The molecule has 1 aliphatic carbocycles. The van der Waals surface area contributed by atoms with Gasteiger partial charge < -0.3 is 11.1 Å². The molecule has 2 heteroatoms. The first kappa shape index (κ1) is 11.0. The molecule has 1 aromatic rings. The number of hydrogen-bond acceptors (Lipinski definition) is 2. The molecule has 1 heterocycles. The maximum Gasteiger partial charge on any atom is 0.0656 e. The molecule has 90 valence electrons. The van der Waals surface area contributed by atoms with Crippen molar-refractivity contribution in [2.45, 2.75) is 24.8 Å². The van der Waals surface area contributed by atoms with Gasteiger partial charge >= 0.3 is 0 Å². The smallest absolute Gasteiger partial charge is 0.0656 e. The Kier molecular flexibility index (Phi) is 2.57. The van der Waals surface area contributed by atoms with Crippen LogP contribution in [0.25, 0.3) is 0 Å². The minimum atomic E-state index is -0.267. The zero-order chi connectivity index (χ0) is 11.8. The van der Waals surface area contributed by atoms with Crippen LogP contribution in [0.3, 0.4) is 0 Å². The maximum atomic E-state index is 6.78. The largest absolute Gasteiger partial charge is 0.318 e. The van der Waals surface area contributed by atoms with E-state index in [1.807, 2.05) is 0 Å². The van der Waals surface area contributed by atoms with Gasteiger partial charge in [0, 0.05) is 5.41 Å². The van der Waals surface area contributed by atoms with Crippen LogP contribution < -0.4 is 11.1 Å². The van der Waals surface area contributed by atoms with Crippen LogP contribution in [0.4, 0.5) is 0 Å². The SMILES string of the molecule is NC1(c2ccccc2)C=CCC12CCNCC2. The Bertz CT molecular complexity index is 418. The van der Waals surface area contributed by atoms with Gasteiger partial charge in [-0.25, -0.2) is 0 Å². The molecule has 1 fully saturated rings. The standard InChI is InChI=1S/C15H20N2/c16-15(13-5-2-1-3-6-13)8-4-7-14(15)9-11-17-12-10-14/h1-6,8,17H,7,9-12,16H2. The summed E-state index contributed by atoms with van der Waals surface area (Å²) >= 11 is 0. The highest BCUT2D eigenvalue weighted by Gasteiger charge is 2.50. The van der Waals surface area contributed by atoms with Crippen molar-refractivity contribution in [1.82, 2.24) is 5.32 Å². The third kappa shape index (κ3) is 1.55. The zero-order valence-corrected chi connectivity index (χ0v) is 10.2. The van der Waals surface area contributed by atoms with Crippen molar-refractivity contribution < 1.29 is 0 Å². The molecule has 1 aromatic carbocycles. The van der Waals surface area contributed by atoms with Crippen molar-refractivity contribution in [2.75, 3.05) is 13.1 Å². The first-order valence-corrected chi connectivity index (χ1v) is 6.50. The van der Waals surface area contributed by atoms with Gasteiger partial charge in [-0.05, 0) is 37.9 Å². The second-order valence-corrected chi connectivity index (χ2v) is 5.37. The molecule has 0 aromatic heterocycles. The summed E-state index contributed by atoms with van der Waals surface area (Å²) in [6, 6.07) is 10.6. The van der Waals surface area contributed by atoms with Gasteiger partial charge in [0.15, 0.2) is 0 Å². The van der Waals surface area contributed by atoms with Gasteiger partial charge in [-0.3, -0.25) is 0 Å². The van der Waals surface area contributed by atoms with Crippen LogP contribution in [0.5, 0.6) is 0 Å². The van der Waals surface area contributed by atoms with Crippen LogP contribution in [-0.2, 0) is 5.54 Å². The summed E-state index contributed by atoms with van der Waals surface area (Å²) in [7, 11) is 0. The van der Waals surface area contributed by atoms with E-state index in [0.29, 0.717) is 0 Å². The Morgan fingerprint density at radius 3 is 2.47 bits per heavy atom. The molecule has 17 heavy (non-hydrogen) atoms. The van der Waals surface area contributed by atoms with Crippen LogP contribution in [-0.4, -0.2) is 13.1 Å². The highest BCUT2D eigenvalue weighted by Crippen LogP contribution is 2.52. The molecular formula is C15H20N2. The van der Waals surface area contributed by atoms with E-state index >= 15 is 0 Å². The van der Waals surface area contributed by atoms with E-state index < -0.39 is 0 Å². The molecular weight excluding hydrogens is 208 g/mol. The Morgan fingerprint density at radius 1 is 1.06 bits per heavy atom. The fourth-order valence-corrected chi connectivity index (χ4v) is 3.46. The Labute approximate surface area is 103 Å². The summed E-state index contributed by atoms with van der Waals surface area (Å²) in [6.45, 7) is 2.18. The van der Waals surface area contributed by atoms with E-state index in [-0.39, 0.29) is 11.0 Å². The average molecular weight is 228 g/mol. The minimum Gasteiger partial charge on any atom is -0.318 e. The molecule has 1 saturated heterocycles. The second kappa shape index (κ2) is 3.97. The van der Waals surface area contributed by atoms with E-state index in [1.165, 1.54) is 18.4 Å². The van der Waals surface area contributed by atoms with E-state index in [9.17, 15) is 0 Å². The Balaban J connectivity index is 2.02. The summed E-state index contributed by atoms with van der Waals surface area (Å²) in [5.41, 5.74) is 8.00. The van der Waals surface area contributed by atoms with Gasteiger partial charge in [-0.1, -0.05) is 42.5 Å². The Morgan fingerprint density at radius 2 is 1.76 bits per heavy atom. The predicted molar refractivity (Wildman–Crippen MR) is 70.6 cm³/mol. The summed E-state index contributed by atoms with van der Waals surface area (Å²) in [5.74, 6) is 0. The van der Waals surface area contributed by atoms with Crippen LogP contribution in [0.15, 0.2) is 42.5 Å². The third-order valence-corrected chi connectivity index (χ3v) is 4.58. The molecule has 0 saturated carbocycles. The number of nitrogens with two attached hydrogens (primary N) is 1. The van der Waals surface area contributed by atoms with Crippen LogP contribution in [0.2, 0.25) is 0 Å². The van der Waals surface area contributed by atoms with Crippen LogP contribution in [0.1, 0.15) is 24.8 Å². The summed E-state index contributed by atoms with van der Waals surface area (Å²) in [5, 5.41) is 3.44. The number of benzene rings is 1. The number of piperidine rings is 1. The quantitative estimate of drug-likeness (QED) is 0.723. The van der Waals surface area contributed by atoms with Crippen molar-refractivity contribution in [1.29, 1.82) is 0 Å². The van der Waals surface area contributed by atoms with Gasteiger partial charge in [0.2, 0.25) is 0 Å². The number of rotatable bonds is 1. The lowest BCUT2D eigenvalue weighted by molar-refractivity contribution is 0.124. The molecule has 1 unspecified atom stereocenters. The first-order chi connectivity index (χ1) is 8.27. The molecule has 3 rings (SSSR count). The molecule has 0 bridgehead atoms. The van der Waals surface area contributed by atoms with Crippen LogP contribution in [0, 0.1) is 5.41 Å². The molecule has 2 nitrogen and oxygen atoms in total. The maximum absolute atomic E-state index is 6.78. The molecule has 0 radical (unpaired) electrons. The molecule has 0 amide bonds. The zero-order valence-electron chi connectivity index (χ0n) is 10.2. The fraction of sp³-hybridized carbons (Fsp3) is 0.467. The minimum absolute atomic E-state index is 0.236. The van der Waals surface area contributed by atoms with Crippen molar-refractivity contribution in [3.8, 4) is 0 Å². The fourth-order valence-electron chi connectivity index (χ4n) is 3.46. The third-order valence-electron chi connectivity index (χ3n) is 4.58. The summed E-state index contributed by atoms with van der Waals surface area (Å²) in [6.07, 6.45) is 7.98. The first-order valence-electron chi connectivity index (χ1n) is 6.50. The molecule has 2 aliphatic rings. The normalized spacial score (nSPS) is 30.9. The lowest BCUT2D eigenvalue weighted by Gasteiger charge is -2.46. The molecule has 1 atom stereocenters.